The molecule has 1 heterocycles. The second-order valence-corrected chi connectivity index (χ2v) is 6.05. The normalized spacial score (nSPS) is 14.2. The molecule has 4 rings (SSSR count). The van der Waals surface area contributed by atoms with Crippen LogP contribution in [0.4, 0.5) is 10.1 Å². The molecule has 26 heavy (non-hydrogen) atoms. The quantitative estimate of drug-likeness (QED) is 0.683. The number of rotatable bonds is 4. The van der Waals surface area contributed by atoms with Crippen LogP contribution >= 0.6 is 0 Å². The van der Waals surface area contributed by atoms with Gasteiger partial charge in [0.1, 0.15) is 18.2 Å². The lowest BCUT2D eigenvalue weighted by Crippen LogP contribution is -2.03. The molecule has 0 atom stereocenters. The lowest BCUT2D eigenvalue weighted by molar-refractivity contribution is -0.110. The summed E-state index contributed by atoms with van der Waals surface area (Å²) in [5, 5.41) is 2.75. The van der Waals surface area contributed by atoms with Gasteiger partial charge >= 0.3 is 0 Å². The molecule has 0 unspecified atom stereocenters. The van der Waals surface area contributed by atoms with Gasteiger partial charge < -0.3 is 10.1 Å². The van der Waals surface area contributed by atoms with Crippen molar-refractivity contribution in [2.75, 3.05) is 5.32 Å². The maximum absolute atomic E-state index is 13.5. The summed E-state index contributed by atoms with van der Waals surface area (Å²) in [5.41, 5.74) is 3.54. The standard InChI is InChI=1S/C22H16FNO2/c23-17-9-10-21-19(13-17)20(22(25)24-21)12-16-7-4-8-18(11-16)26-14-15-5-2-1-3-6-15/h1-13H,14H2,(H,24,25)/b20-12-. The number of nitrogens with one attached hydrogen (secondary N) is 1. The zero-order valence-corrected chi connectivity index (χ0v) is 13.9. The minimum Gasteiger partial charge on any atom is -0.489 e. The molecule has 3 aromatic carbocycles. The number of hydrogen-bond donors (Lipinski definition) is 1. The van der Waals surface area contributed by atoms with Crippen LogP contribution in [0.1, 0.15) is 16.7 Å². The number of halogens is 1. The van der Waals surface area contributed by atoms with Gasteiger partial charge in [0.05, 0.1) is 0 Å². The highest BCUT2D eigenvalue weighted by atomic mass is 19.1. The fourth-order valence-electron chi connectivity index (χ4n) is 2.91. The fourth-order valence-corrected chi connectivity index (χ4v) is 2.91. The highest BCUT2D eigenvalue weighted by molar-refractivity contribution is 6.34. The Balaban J connectivity index is 1.58. The predicted molar refractivity (Wildman–Crippen MR) is 100 cm³/mol. The third kappa shape index (κ3) is 3.35. The van der Waals surface area contributed by atoms with E-state index in [9.17, 15) is 9.18 Å². The maximum atomic E-state index is 13.5. The van der Waals surface area contributed by atoms with E-state index in [0.29, 0.717) is 29.2 Å². The first kappa shape index (κ1) is 16.1. The summed E-state index contributed by atoms with van der Waals surface area (Å²) in [6.45, 7) is 0.468. The van der Waals surface area contributed by atoms with Gasteiger partial charge in [0.2, 0.25) is 0 Å². The number of ether oxygens (including phenoxy) is 1. The van der Waals surface area contributed by atoms with Crippen molar-refractivity contribution in [2.24, 2.45) is 0 Å². The molecule has 4 heteroatoms. The van der Waals surface area contributed by atoms with Crippen LogP contribution in [0.2, 0.25) is 0 Å². The Morgan fingerprint density at radius 1 is 0.962 bits per heavy atom. The van der Waals surface area contributed by atoms with E-state index in [4.69, 9.17) is 4.74 Å². The van der Waals surface area contributed by atoms with Crippen molar-refractivity contribution < 1.29 is 13.9 Å². The topological polar surface area (TPSA) is 38.3 Å². The molecule has 0 aliphatic carbocycles. The summed E-state index contributed by atoms with van der Waals surface area (Å²) in [6, 6.07) is 21.7. The third-order valence-electron chi connectivity index (χ3n) is 4.18. The van der Waals surface area contributed by atoms with Crippen molar-refractivity contribution in [1.29, 1.82) is 0 Å². The summed E-state index contributed by atoms with van der Waals surface area (Å²) < 4.78 is 19.4. The number of carbonyl (C=O) groups is 1. The first-order valence-electron chi connectivity index (χ1n) is 8.29. The Hall–Kier alpha value is -3.40. The van der Waals surface area contributed by atoms with E-state index >= 15 is 0 Å². The van der Waals surface area contributed by atoms with Crippen molar-refractivity contribution in [3.05, 3.63) is 95.3 Å². The number of hydrogen-bond acceptors (Lipinski definition) is 2. The van der Waals surface area contributed by atoms with Crippen LogP contribution in [0, 0.1) is 5.82 Å². The minimum atomic E-state index is -0.369. The van der Waals surface area contributed by atoms with Gasteiger partial charge in [-0.2, -0.15) is 0 Å². The predicted octanol–water partition coefficient (Wildman–Crippen LogP) is 4.90. The molecular weight excluding hydrogens is 329 g/mol. The lowest BCUT2D eigenvalue weighted by atomic mass is 10.0. The molecule has 0 saturated heterocycles. The minimum absolute atomic E-state index is 0.235. The van der Waals surface area contributed by atoms with Crippen LogP contribution in [-0.2, 0) is 11.4 Å². The highest BCUT2D eigenvalue weighted by Crippen LogP contribution is 2.33. The molecule has 0 aromatic heterocycles. The van der Waals surface area contributed by atoms with E-state index in [2.05, 4.69) is 5.32 Å². The van der Waals surface area contributed by atoms with Crippen LogP contribution < -0.4 is 10.1 Å². The van der Waals surface area contributed by atoms with Gasteiger partial charge in [0.15, 0.2) is 0 Å². The van der Waals surface area contributed by atoms with Crippen molar-refractivity contribution >= 4 is 23.2 Å². The largest absolute Gasteiger partial charge is 0.489 e. The van der Waals surface area contributed by atoms with E-state index < -0.39 is 0 Å². The molecule has 0 spiro atoms. The van der Waals surface area contributed by atoms with Crippen LogP contribution in [0.3, 0.4) is 0 Å². The highest BCUT2D eigenvalue weighted by Gasteiger charge is 2.24. The van der Waals surface area contributed by atoms with Gasteiger partial charge in [0, 0.05) is 16.8 Å². The second kappa shape index (κ2) is 6.84. The number of fused-ring (bicyclic) bond motifs is 1. The fraction of sp³-hybridized carbons (Fsp3) is 0.0455. The number of amides is 1. The molecule has 0 fully saturated rings. The number of anilines is 1. The van der Waals surface area contributed by atoms with Gasteiger partial charge in [-0.05, 0) is 47.5 Å². The van der Waals surface area contributed by atoms with Gasteiger partial charge in [-0.1, -0.05) is 42.5 Å². The molecule has 3 aromatic rings. The average molecular weight is 345 g/mol. The van der Waals surface area contributed by atoms with Gasteiger partial charge in [0.25, 0.3) is 5.91 Å². The molecule has 0 saturated carbocycles. The molecule has 1 amide bonds. The molecule has 0 radical (unpaired) electrons. The second-order valence-electron chi connectivity index (χ2n) is 6.05. The first-order chi connectivity index (χ1) is 12.7. The monoisotopic (exact) mass is 345 g/mol. The molecule has 1 N–H and O–H groups in total. The Kier molecular flexibility index (Phi) is 4.23. The van der Waals surface area contributed by atoms with Crippen LogP contribution in [0.15, 0.2) is 72.8 Å². The lowest BCUT2D eigenvalue weighted by Gasteiger charge is -2.07. The average Bonchev–Trinajstić information content (AvgIpc) is 2.96. The summed E-state index contributed by atoms with van der Waals surface area (Å²) in [5.74, 6) is 0.105. The molecule has 1 aliphatic heterocycles. The Morgan fingerprint density at radius 3 is 2.65 bits per heavy atom. The SMILES string of the molecule is O=C1Nc2ccc(F)cc2/C1=C/c1cccc(OCc2ccccc2)c1. The Morgan fingerprint density at radius 2 is 1.81 bits per heavy atom. The zero-order valence-electron chi connectivity index (χ0n) is 13.9. The molecule has 128 valence electrons. The van der Waals surface area contributed by atoms with Crippen molar-refractivity contribution in [3.63, 3.8) is 0 Å². The smallest absolute Gasteiger partial charge is 0.256 e. The van der Waals surface area contributed by atoms with E-state index in [1.165, 1.54) is 12.1 Å². The van der Waals surface area contributed by atoms with Crippen LogP contribution in [-0.4, -0.2) is 5.91 Å². The van der Waals surface area contributed by atoms with Crippen molar-refractivity contribution in [3.8, 4) is 5.75 Å². The summed E-state index contributed by atoms with van der Waals surface area (Å²) >= 11 is 0. The summed E-state index contributed by atoms with van der Waals surface area (Å²) in [4.78, 5) is 12.2. The zero-order chi connectivity index (χ0) is 17.9. The van der Waals surface area contributed by atoms with Crippen molar-refractivity contribution in [1.82, 2.24) is 0 Å². The molecule has 0 bridgehead atoms. The Bertz CT molecular complexity index is 996. The van der Waals surface area contributed by atoms with E-state index in [0.717, 1.165) is 11.1 Å². The Labute approximate surface area is 150 Å². The molecule has 3 nitrogen and oxygen atoms in total. The summed E-state index contributed by atoms with van der Waals surface area (Å²) in [7, 11) is 0. The van der Waals surface area contributed by atoms with Gasteiger partial charge in [-0.15, -0.1) is 0 Å². The van der Waals surface area contributed by atoms with Crippen LogP contribution in [0.5, 0.6) is 5.75 Å². The third-order valence-corrected chi connectivity index (χ3v) is 4.18. The first-order valence-corrected chi connectivity index (χ1v) is 8.29. The van der Waals surface area contributed by atoms with E-state index in [1.807, 2.05) is 54.6 Å². The maximum Gasteiger partial charge on any atom is 0.256 e. The van der Waals surface area contributed by atoms with E-state index in [-0.39, 0.29) is 11.7 Å². The van der Waals surface area contributed by atoms with E-state index in [1.54, 1.807) is 12.1 Å². The molecule has 1 aliphatic rings. The van der Waals surface area contributed by atoms with Gasteiger partial charge in [-0.3, -0.25) is 4.79 Å². The number of benzene rings is 3. The van der Waals surface area contributed by atoms with Gasteiger partial charge in [-0.25, -0.2) is 4.39 Å². The summed E-state index contributed by atoms with van der Waals surface area (Å²) in [6.07, 6.45) is 1.75. The van der Waals surface area contributed by atoms with Crippen molar-refractivity contribution in [2.45, 2.75) is 6.61 Å². The molecular formula is C22H16FNO2. The number of carbonyl (C=O) groups excluding carboxylic acids is 1. The van der Waals surface area contributed by atoms with Crippen LogP contribution in [0.25, 0.3) is 11.6 Å².